The Labute approximate surface area is 227 Å². The summed E-state index contributed by atoms with van der Waals surface area (Å²) in [4.78, 5) is 33.2. The van der Waals surface area contributed by atoms with E-state index < -0.39 is 32.5 Å². The highest BCUT2D eigenvalue weighted by Gasteiger charge is 2.28. The Balaban J connectivity index is 0.00000195. The van der Waals surface area contributed by atoms with Gasteiger partial charge in [-0.3, -0.25) is 4.90 Å². The third-order valence-corrected chi connectivity index (χ3v) is 6.50. The monoisotopic (exact) mass is 610 g/mol. The number of ether oxygens (including phenoxy) is 2. The van der Waals surface area contributed by atoms with Crippen LogP contribution >= 0.6 is 15.9 Å². The molecule has 38 heavy (non-hydrogen) atoms. The number of rotatable bonds is 4. The van der Waals surface area contributed by atoms with Crippen LogP contribution in [-0.4, -0.2) is 58.3 Å². The molecule has 4 aromatic rings. The average molecular weight is 611 g/mol. The topological polar surface area (TPSA) is 140 Å². The van der Waals surface area contributed by atoms with Crippen LogP contribution in [0.1, 0.15) is 40.4 Å². The molecule has 0 radical (unpaired) electrons. The Morgan fingerprint density at radius 2 is 1.74 bits per heavy atom. The predicted molar refractivity (Wildman–Crippen MR) is 145 cm³/mol. The number of aromatic amines is 1. The molecule has 0 aliphatic rings. The Bertz CT molecular complexity index is 1620. The van der Waals surface area contributed by atoms with Crippen molar-refractivity contribution in [3.05, 3.63) is 34.6 Å². The third-order valence-electron chi connectivity index (χ3n) is 4.88. The summed E-state index contributed by atoms with van der Waals surface area (Å²) in [5, 5.41) is -0.0927. The van der Waals surface area contributed by atoms with Gasteiger partial charge in [0.15, 0.2) is 5.75 Å². The van der Waals surface area contributed by atoms with Crippen molar-refractivity contribution in [1.29, 1.82) is 0 Å². The molecule has 204 valence electrons. The number of fused-ring (bicyclic) bond motifs is 3. The summed E-state index contributed by atoms with van der Waals surface area (Å²) in [6.45, 7) is 10.8. The molecule has 11 nitrogen and oxygen atoms in total. The Morgan fingerprint density at radius 1 is 1.13 bits per heavy atom. The molecule has 3 aromatic heterocycles. The van der Waals surface area contributed by atoms with Gasteiger partial charge in [-0.1, -0.05) is 13.8 Å². The van der Waals surface area contributed by atoms with Crippen LogP contribution in [0.5, 0.6) is 11.6 Å². The molecule has 0 bridgehead atoms. The van der Waals surface area contributed by atoms with Crippen LogP contribution in [0.2, 0.25) is 0 Å². The van der Waals surface area contributed by atoms with E-state index in [0.717, 1.165) is 17.2 Å². The summed E-state index contributed by atoms with van der Waals surface area (Å²) in [7, 11) is -2.43. The van der Waals surface area contributed by atoms with Gasteiger partial charge >= 0.3 is 6.09 Å². The molecule has 3 heterocycles. The Hall–Kier alpha value is -3.39. The van der Waals surface area contributed by atoms with Gasteiger partial charge in [0.05, 0.1) is 33.5 Å². The van der Waals surface area contributed by atoms with Crippen LogP contribution in [0.25, 0.3) is 21.9 Å². The molecule has 4 rings (SSSR count). The molecule has 1 amide bonds. The van der Waals surface area contributed by atoms with E-state index in [9.17, 15) is 13.2 Å². The highest BCUT2D eigenvalue weighted by molar-refractivity contribution is 9.10. The molecule has 1 aromatic carbocycles. The lowest BCUT2D eigenvalue weighted by Gasteiger charge is -2.25. The lowest BCUT2D eigenvalue weighted by Crippen LogP contribution is -2.34. The van der Waals surface area contributed by atoms with Crippen molar-refractivity contribution in [2.24, 2.45) is 0 Å². The van der Waals surface area contributed by atoms with Crippen molar-refractivity contribution >= 4 is 59.5 Å². The largest absolute Gasteiger partial charge is 0.443 e. The summed E-state index contributed by atoms with van der Waals surface area (Å²) in [6, 6.07) is 1.14. The van der Waals surface area contributed by atoms with Crippen molar-refractivity contribution in [2.75, 3.05) is 18.2 Å². The van der Waals surface area contributed by atoms with Gasteiger partial charge in [0.25, 0.3) is 5.16 Å². The zero-order valence-corrected chi connectivity index (χ0v) is 24.6. The molecular weight excluding hydrogens is 583 g/mol. The number of amides is 1. The number of sulfone groups is 1. The summed E-state index contributed by atoms with van der Waals surface area (Å²) in [6.07, 6.45) is 3.01. The van der Waals surface area contributed by atoms with Crippen molar-refractivity contribution in [2.45, 2.75) is 52.3 Å². The van der Waals surface area contributed by atoms with Crippen molar-refractivity contribution < 1.29 is 27.1 Å². The molecule has 0 unspecified atom stereocenters. The van der Waals surface area contributed by atoms with Crippen molar-refractivity contribution in [3.8, 4) is 11.6 Å². The number of aryl methyl sites for hydroxylation is 1. The number of aromatic nitrogens is 5. The average Bonchev–Trinajstić information content (AvgIpc) is 3.22. The second-order valence-electron chi connectivity index (χ2n) is 8.98. The maximum atomic E-state index is 15.1. The van der Waals surface area contributed by atoms with Gasteiger partial charge in [0.2, 0.25) is 15.7 Å². The number of anilines is 1. The summed E-state index contributed by atoms with van der Waals surface area (Å²) in [5.41, 5.74) is -0.333. The standard InChI is InChI=1S/C22H22BrFN6O5S.C2H6/c1-10-25-8-11(9-26-10)34-19-15-14-16(23)12(24)7-13(30(5)21(31)35-22(2,3)4)17(14)27-18(15)28-20(29-19)36(6,32)33;1-2/h7-9H,1-6H3,(H,27,28,29);1-2H3. The van der Waals surface area contributed by atoms with Crippen molar-refractivity contribution in [1.82, 2.24) is 24.9 Å². The highest BCUT2D eigenvalue weighted by atomic mass is 79.9. The number of H-pyrrole nitrogens is 1. The van der Waals surface area contributed by atoms with E-state index in [1.54, 1.807) is 27.7 Å². The second kappa shape index (κ2) is 10.8. The molecule has 0 fully saturated rings. The first-order valence-electron chi connectivity index (χ1n) is 11.5. The van der Waals surface area contributed by atoms with Crippen LogP contribution in [0, 0.1) is 12.7 Å². The maximum absolute atomic E-state index is 15.1. The van der Waals surface area contributed by atoms with Gasteiger partial charge in [0.1, 0.15) is 22.9 Å². The number of hydrogen-bond donors (Lipinski definition) is 1. The first kappa shape index (κ1) is 29.2. The summed E-state index contributed by atoms with van der Waals surface area (Å²) >= 11 is 3.25. The molecular formula is C24H28BrFN6O5S. The molecule has 0 atom stereocenters. The molecule has 0 saturated carbocycles. The first-order valence-corrected chi connectivity index (χ1v) is 14.2. The normalized spacial score (nSPS) is 11.7. The molecule has 0 saturated heterocycles. The van der Waals surface area contributed by atoms with Gasteiger partial charge < -0.3 is 14.5 Å². The van der Waals surface area contributed by atoms with Crippen LogP contribution in [0.4, 0.5) is 14.9 Å². The number of benzene rings is 1. The molecule has 14 heteroatoms. The molecule has 0 aliphatic heterocycles. The number of nitrogens with one attached hydrogen (secondary N) is 1. The highest BCUT2D eigenvalue weighted by Crippen LogP contribution is 2.42. The molecule has 0 aliphatic carbocycles. The smallest absolute Gasteiger partial charge is 0.414 e. The van der Waals surface area contributed by atoms with E-state index in [-0.39, 0.29) is 43.7 Å². The number of carbonyl (C=O) groups excluding carboxylic acids is 1. The number of halogens is 2. The number of nitrogens with zero attached hydrogens (tertiary/aromatic N) is 5. The van der Waals surface area contributed by atoms with E-state index in [2.05, 4.69) is 40.8 Å². The Morgan fingerprint density at radius 3 is 2.29 bits per heavy atom. The lowest BCUT2D eigenvalue weighted by molar-refractivity contribution is 0.0589. The van der Waals surface area contributed by atoms with Gasteiger partial charge in [-0.2, -0.15) is 9.97 Å². The Kier molecular flexibility index (Phi) is 8.27. The van der Waals surface area contributed by atoms with E-state index >= 15 is 4.39 Å². The quantitative estimate of drug-likeness (QED) is 0.288. The van der Waals surface area contributed by atoms with E-state index in [4.69, 9.17) is 9.47 Å². The maximum Gasteiger partial charge on any atom is 0.414 e. The van der Waals surface area contributed by atoms with Crippen LogP contribution < -0.4 is 9.64 Å². The fraction of sp³-hybridized carbons (Fsp3) is 0.375. The van der Waals surface area contributed by atoms with Crippen molar-refractivity contribution in [3.63, 3.8) is 0 Å². The van der Waals surface area contributed by atoms with E-state index in [1.165, 1.54) is 19.4 Å². The molecule has 0 spiro atoms. The van der Waals surface area contributed by atoms with E-state index in [0.29, 0.717) is 5.82 Å². The first-order chi connectivity index (χ1) is 17.7. The minimum Gasteiger partial charge on any atom is -0.443 e. The predicted octanol–water partition coefficient (Wildman–Crippen LogP) is 5.70. The van der Waals surface area contributed by atoms with Crippen LogP contribution in [-0.2, 0) is 14.6 Å². The fourth-order valence-electron chi connectivity index (χ4n) is 3.31. The minimum atomic E-state index is -3.86. The third kappa shape index (κ3) is 6.01. The number of carbonyl (C=O) groups is 1. The minimum absolute atomic E-state index is 0.0331. The summed E-state index contributed by atoms with van der Waals surface area (Å²) in [5.74, 6) is -0.186. The van der Waals surface area contributed by atoms with Gasteiger partial charge in [-0.15, -0.1) is 0 Å². The number of hydrogen-bond acceptors (Lipinski definition) is 9. The van der Waals surface area contributed by atoms with Crippen LogP contribution in [0.3, 0.4) is 0 Å². The second-order valence-corrected chi connectivity index (χ2v) is 11.7. The fourth-order valence-corrected chi connectivity index (χ4v) is 4.32. The van der Waals surface area contributed by atoms with E-state index in [1.807, 2.05) is 13.8 Å². The van der Waals surface area contributed by atoms with Gasteiger partial charge in [-0.25, -0.2) is 27.6 Å². The van der Waals surface area contributed by atoms with Gasteiger partial charge in [-0.05, 0) is 43.6 Å². The SMILES string of the molecule is CC.Cc1ncc(Oc2nc(S(C)(=O)=O)nc3[nH]c4c(N(C)C(=O)OC(C)(C)C)cc(F)c(Br)c4c23)cn1. The zero-order chi connectivity index (χ0) is 28.6. The zero-order valence-electron chi connectivity index (χ0n) is 22.2. The van der Waals surface area contributed by atoms with Gasteiger partial charge in [0, 0.05) is 24.8 Å². The summed E-state index contributed by atoms with van der Waals surface area (Å²) < 4.78 is 51.0. The molecule has 1 N–H and O–H groups in total. The lowest BCUT2D eigenvalue weighted by atomic mass is 10.1. The van der Waals surface area contributed by atoms with Crippen LogP contribution in [0.15, 0.2) is 28.1 Å².